The molecule has 0 aliphatic rings. The number of esters is 1. The molecule has 5 nitrogen and oxygen atoms in total. The molecule has 0 spiro atoms. The summed E-state index contributed by atoms with van der Waals surface area (Å²) in [6, 6.07) is 13.4. The number of hydrogen-bond acceptors (Lipinski definition) is 4. The summed E-state index contributed by atoms with van der Waals surface area (Å²) in [4.78, 5) is 22.8. The molecule has 0 bridgehead atoms. The lowest BCUT2D eigenvalue weighted by molar-refractivity contribution is -0.119. The van der Waals surface area contributed by atoms with E-state index in [1.54, 1.807) is 43.3 Å². The predicted octanol–water partition coefficient (Wildman–Crippen LogP) is 3.12. The fraction of sp³-hybridized carbons (Fsp3) is 0.176. The second-order valence-electron chi connectivity index (χ2n) is 4.85. The Kier molecular flexibility index (Phi) is 5.60. The molecule has 1 atom stereocenters. The molecule has 0 aromatic heterocycles. The zero-order valence-electron chi connectivity index (χ0n) is 12.5. The Hall–Kier alpha value is -2.53. The maximum atomic E-state index is 12.1. The van der Waals surface area contributed by atoms with Crippen molar-refractivity contribution in [3.8, 4) is 5.75 Å². The molecule has 2 aromatic carbocycles. The van der Waals surface area contributed by atoms with Crippen molar-refractivity contribution in [2.24, 2.45) is 5.73 Å². The number of carbonyl (C=O) groups excluding carboxylic acids is 2. The molecule has 0 aliphatic heterocycles. The molecule has 0 heterocycles. The Balaban J connectivity index is 2.00. The van der Waals surface area contributed by atoms with Crippen molar-refractivity contribution < 1.29 is 19.1 Å². The minimum atomic E-state index is -0.568. The molecule has 0 aliphatic carbocycles. The number of hydrogen-bond donors (Lipinski definition) is 1. The van der Waals surface area contributed by atoms with Gasteiger partial charge in [0.1, 0.15) is 11.9 Å². The van der Waals surface area contributed by atoms with Crippen LogP contribution in [0.1, 0.15) is 28.9 Å². The van der Waals surface area contributed by atoms with Crippen LogP contribution < -0.4 is 10.5 Å². The molecule has 6 heteroatoms. The average Bonchev–Trinajstić information content (AvgIpc) is 2.53. The molecule has 23 heavy (non-hydrogen) atoms. The molecule has 0 unspecified atom stereocenters. The highest BCUT2D eigenvalue weighted by Crippen LogP contribution is 2.26. The van der Waals surface area contributed by atoms with Gasteiger partial charge < -0.3 is 15.2 Å². The lowest BCUT2D eigenvalue weighted by atomic mass is 10.1. The highest BCUT2D eigenvalue weighted by atomic mass is 35.5. The first-order valence-corrected chi connectivity index (χ1v) is 7.31. The Bertz CT molecular complexity index is 700. The first-order valence-electron chi connectivity index (χ1n) is 6.94. The van der Waals surface area contributed by atoms with Crippen molar-refractivity contribution in [2.45, 2.75) is 13.0 Å². The zero-order valence-corrected chi connectivity index (χ0v) is 13.2. The quantitative estimate of drug-likeness (QED) is 0.824. The Labute approximate surface area is 139 Å². The minimum absolute atomic E-state index is 0.215. The van der Waals surface area contributed by atoms with E-state index in [4.69, 9.17) is 26.8 Å². The zero-order chi connectivity index (χ0) is 16.8. The molecule has 2 aromatic rings. The van der Waals surface area contributed by atoms with E-state index in [0.717, 1.165) is 5.56 Å². The van der Waals surface area contributed by atoms with E-state index < -0.39 is 18.0 Å². The fourth-order valence-electron chi connectivity index (χ4n) is 1.94. The van der Waals surface area contributed by atoms with Crippen molar-refractivity contribution in [2.75, 3.05) is 6.61 Å². The van der Waals surface area contributed by atoms with Crippen LogP contribution in [0.3, 0.4) is 0 Å². The van der Waals surface area contributed by atoms with Gasteiger partial charge in [0.25, 0.3) is 5.91 Å². The third-order valence-corrected chi connectivity index (χ3v) is 3.44. The highest BCUT2D eigenvalue weighted by molar-refractivity contribution is 6.31. The molecule has 0 radical (unpaired) electrons. The summed E-state index contributed by atoms with van der Waals surface area (Å²) < 4.78 is 10.5. The fourth-order valence-corrected chi connectivity index (χ4v) is 2.23. The summed E-state index contributed by atoms with van der Waals surface area (Å²) in [5.74, 6) is -0.597. The summed E-state index contributed by atoms with van der Waals surface area (Å²) in [7, 11) is 0. The monoisotopic (exact) mass is 333 g/mol. The van der Waals surface area contributed by atoms with Crippen molar-refractivity contribution in [1.82, 2.24) is 0 Å². The van der Waals surface area contributed by atoms with Gasteiger partial charge in [-0.1, -0.05) is 29.8 Å². The van der Waals surface area contributed by atoms with Gasteiger partial charge in [-0.15, -0.1) is 0 Å². The van der Waals surface area contributed by atoms with Crippen molar-refractivity contribution >= 4 is 23.5 Å². The summed E-state index contributed by atoms with van der Waals surface area (Å²) in [5.41, 5.74) is 6.10. The molecule has 0 saturated heterocycles. The molecule has 2 N–H and O–H groups in total. The van der Waals surface area contributed by atoms with Crippen LogP contribution in [0.4, 0.5) is 0 Å². The highest BCUT2D eigenvalue weighted by Gasteiger charge is 2.15. The van der Waals surface area contributed by atoms with Crippen LogP contribution in [0, 0.1) is 0 Å². The first-order chi connectivity index (χ1) is 11.0. The van der Waals surface area contributed by atoms with Gasteiger partial charge in [0.2, 0.25) is 0 Å². The third kappa shape index (κ3) is 4.72. The molecule has 0 fully saturated rings. The van der Waals surface area contributed by atoms with Crippen LogP contribution in [0.2, 0.25) is 5.02 Å². The Morgan fingerprint density at radius 3 is 2.39 bits per heavy atom. The number of primary amides is 1. The van der Waals surface area contributed by atoms with Gasteiger partial charge in [0, 0.05) is 10.6 Å². The van der Waals surface area contributed by atoms with Gasteiger partial charge in [-0.25, -0.2) is 4.79 Å². The van der Waals surface area contributed by atoms with Crippen LogP contribution in [0.25, 0.3) is 0 Å². The van der Waals surface area contributed by atoms with Crippen LogP contribution >= 0.6 is 11.6 Å². The van der Waals surface area contributed by atoms with Gasteiger partial charge in [-0.05, 0) is 37.3 Å². The number of amides is 1. The largest absolute Gasteiger partial charge is 0.484 e. The maximum absolute atomic E-state index is 12.1. The van der Waals surface area contributed by atoms with E-state index in [0.29, 0.717) is 16.3 Å². The lowest BCUT2D eigenvalue weighted by Gasteiger charge is -2.15. The van der Waals surface area contributed by atoms with E-state index >= 15 is 0 Å². The second-order valence-corrected chi connectivity index (χ2v) is 5.26. The summed E-state index contributed by atoms with van der Waals surface area (Å²) in [6.07, 6.45) is -0.470. The van der Waals surface area contributed by atoms with E-state index in [-0.39, 0.29) is 6.61 Å². The summed E-state index contributed by atoms with van der Waals surface area (Å²) in [5, 5.41) is 0.544. The topological polar surface area (TPSA) is 78.6 Å². The molecule has 2 rings (SSSR count). The molecule has 120 valence electrons. The summed E-state index contributed by atoms with van der Waals surface area (Å²) in [6.45, 7) is 1.54. The van der Waals surface area contributed by atoms with Crippen LogP contribution in [0.15, 0.2) is 48.5 Å². The smallest absolute Gasteiger partial charge is 0.338 e. The number of rotatable bonds is 6. The second kappa shape index (κ2) is 7.65. The first kappa shape index (κ1) is 16.8. The number of benzene rings is 2. The normalized spacial score (nSPS) is 11.6. The molecule has 1 amide bonds. The number of halogens is 1. The van der Waals surface area contributed by atoms with E-state index in [1.165, 1.54) is 0 Å². The standard InChI is InChI=1S/C17H16ClNO4/c1-11(14-4-2-3-5-15(14)18)23-17(21)12-6-8-13(9-7-12)22-10-16(19)20/h2-9,11H,10H2,1H3,(H2,19,20)/t11-/m0/s1. The predicted molar refractivity (Wildman–Crippen MR) is 86.4 cm³/mol. The van der Waals surface area contributed by atoms with Gasteiger partial charge in [-0.2, -0.15) is 0 Å². The van der Waals surface area contributed by atoms with Gasteiger partial charge in [0.05, 0.1) is 5.56 Å². The van der Waals surface area contributed by atoms with Crippen LogP contribution in [0.5, 0.6) is 5.75 Å². The van der Waals surface area contributed by atoms with E-state index in [2.05, 4.69) is 0 Å². The van der Waals surface area contributed by atoms with Crippen molar-refractivity contribution in [1.29, 1.82) is 0 Å². The number of ether oxygens (including phenoxy) is 2. The van der Waals surface area contributed by atoms with Crippen LogP contribution in [-0.2, 0) is 9.53 Å². The van der Waals surface area contributed by atoms with Crippen LogP contribution in [-0.4, -0.2) is 18.5 Å². The number of carbonyl (C=O) groups is 2. The molecular formula is C17H16ClNO4. The van der Waals surface area contributed by atoms with Gasteiger partial charge in [-0.3, -0.25) is 4.79 Å². The lowest BCUT2D eigenvalue weighted by Crippen LogP contribution is -2.20. The van der Waals surface area contributed by atoms with E-state index in [9.17, 15) is 9.59 Å². The van der Waals surface area contributed by atoms with Crippen molar-refractivity contribution in [3.05, 3.63) is 64.7 Å². The third-order valence-electron chi connectivity index (χ3n) is 3.10. The van der Waals surface area contributed by atoms with Gasteiger partial charge in [0.15, 0.2) is 6.61 Å². The minimum Gasteiger partial charge on any atom is -0.484 e. The Morgan fingerprint density at radius 2 is 1.78 bits per heavy atom. The summed E-state index contributed by atoms with van der Waals surface area (Å²) >= 11 is 6.08. The average molecular weight is 334 g/mol. The molecule has 0 saturated carbocycles. The maximum Gasteiger partial charge on any atom is 0.338 e. The SMILES string of the molecule is C[C@H](OC(=O)c1ccc(OCC(N)=O)cc1)c1ccccc1Cl. The van der Waals surface area contributed by atoms with E-state index in [1.807, 2.05) is 12.1 Å². The number of nitrogens with two attached hydrogens (primary N) is 1. The van der Waals surface area contributed by atoms with Crippen molar-refractivity contribution in [3.63, 3.8) is 0 Å². The Morgan fingerprint density at radius 1 is 1.13 bits per heavy atom. The van der Waals surface area contributed by atoms with Gasteiger partial charge >= 0.3 is 5.97 Å². The molecular weight excluding hydrogens is 318 g/mol.